The van der Waals surface area contributed by atoms with Crippen LogP contribution in [0.3, 0.4) is 0 Å². The topological polar surface area (TPSA) is 49.3 Å². The second-order valence-corrected chi connectivity index (χ2v) is 3.22. The molecule has 0 aliphatic carbocycles. The molecule has 0 fully saturated rings. The molecule has 0 spiro atoms. The summed E-state index contributed by atoms with van der Waals surface area (Å²) in [4.78, 5) is 10.6. The molecule has 0 aromatic heterocycles. The van der Waals surface area contributed by atoms with Crippen molar-refractivity contribution in [1.82, 2.24) is 5.32 Å². The molecule has 16 heavy (non-hydrogen) atoms. The first-order chi connectivity index (χ1) is 7.38. The Morgan fingerprint density at radius 3 is 2.31 bits per heavy atom. The highest BCUT2D eigenvalue weighted by Crippen LogP contribution is 2.13. The van der Waals surface area contributed by atoms with Crippen molar-refractivity contribution in [3.05, 3.63) is 35.9 Å². The average molecular weight is 233 g/mol. The standard InChI is InChI=1S/C10H10F3NO2/c11-10(12,13)14-8(9(15)16)6-7-4-2-1-3-5-7/h1-5,8,14H,6H2,(H,15,16). The van der Waals surface area contributed by atoms with Crippen LogP contribution in [0, 0.1) is 0 Å². The first-order valence-electron chi connectivity index (χ1n) is 4.49. The number of carboxylic acids is 1. The van der Waals surface area contributed by atoms with Gasteiger partial charge in [0.25, 0.3) is 0 Å². The van der Waals surface area contributed by atoms with E-state index in [9.17, 15) is 18.0 Å². The van der Waals surface area contributed by atoms with Crippen molar-refractivity contribution in [3.8, 4) is 0 Å². The monoisotopic (exact) mass is 233 g/mol. The highest BCUT2D eigenvalue weighted by molar-refractivity contribution is 5.73. The SMILES string of the molecule is O=C(O)C(Cc1ccccc1)NC(F)(F)F. The maximum Gasteiger partial charge on any atom is 0.457 e. The quantitative estimate of drug-likeness (QED) is 0.779. The van der Waals surface area contributed by atoms with Crippen LogP contribution < -0.4 is 5.32 Å². The first kappa shape index (κ1) is 12.5. The van der Waals surface area contributed by atoms with E-state index in [0.717, 1.165) is 5.32 Å². The fourth-order valence-corrected chi connectivity index (χ4v) is 1.25. The van der Waals surface area contributed by atoms with Crippen molar-refractivity contribution in [1.29, 1.82) is 0 Å². The smallest absolute Gasteiger partial charge is 0.457 e. The van der Waals surface area contributed by atoms with E-state index in [1.807, 2.05) is 0 Å². The van der Waals surface area contributed by atoms with Crippen molar-refractivity contribution in [2.45, 2.75) is 18.8 Å². The van der Waals surface area contributed by atoms with Crippen molar-refractivity contribution in [3.63, 3.8) is 0 Å². The summed E-state index contributed by atoms with van der Waals surface area (Å²) in [6, 6.07) is 6.48. The average Bonchev–Trinajstić information content (AvgIpc) is 2.16. The Hall–Kier alpha value is -1.56. The van der Waals surface area contributed by atoms with Gasteiger partial charge in [-0.1, -0.05) is 30.3 Å². The third-order valence-electron chi connectivity index (χ3n) is 1.92. The third-order valence-corrected chi connectivity index (χ3v) is 1.92. The van der Waals surface area contributed by atoms with E-state index in [2.05, 4.69) is 0 Å². The number of benzene rings is 1. The predicted octanol–water partition coefficient (Wildman–Crippen LogP) is 1.79. The summed E-state index contributed by atoms with van der Waals surface area (Å²) in [7, 11) is 0. The molecule has 0 bridgehead atoms. The number of rotatable bonds is 4. The van der Waals surface area contributed by atoms with E-state index in [0.29, 0.717) is 5.56 Å². The zero-order chi connectivity index (χ0) is 12.2. The van der Waals surface area contributed by atoms with Crippen molar-refractivity contribution < 1.29 is 23.1 Å². The van der Waals surface area contributed by atoms with Gasteiger partial charge in [0.2, 0.25) is 0 Å². The van der Waals surface area contributed by atoms with Crippen LogP contribution in [0.5, 0.6) is 0 Å². The Morgan fingerprint density at radius 1 is 1.31 bits per heavy atom. The summed E-state index contributed by atoms with van der Waals surface area (Å²) >= 11 is 0. The molecule has 1 unspecified atom stereocenters. The summed E-state index contributed by atoms with van der Waals surface area (Å²) in [6.07, 6.45) is -4.91. The highest BCUT2D eigenvalue weighted by Gasteiger charge is 2.34. The zero-order valence-electron chi connectivity index (χ0n) is 8.16. The molecule has 0 saturated carbocycles. The number of carbonyl (C=O) groups is 1. The van der Waals surface area contributed by atoms with Crippen molar-refractivity contribution in [2.75, 3.05) is 0 Å². The Bertz CT molecular complexity index is 351. The molecule has 0 amide bonds. The van der Waals surface area contributed by atoms with Crippen LogP contribution in [-0.4, -0.2) is 23.4 Å². The first-order valence-corrected chi connectivity index (χ1v) is 4.49. The molecule has 2 N–H and O–H groups in total. The number of alkyl halides is 3. The minimum atomic E-state index is -4.70. The van der Waals surface area contributed by atoms with Crippen LogP contribution in [0.4, 0.5) is 13.2 Å². The Labute approximate surface area is 89.9 Å². The number of halogens is 3. The molecule has 0 heterocycles. The van der Waals surface area contributed by atoms with Gasteiger partial charge >= 0.3 is 12.3 Å². The molecule has 1 aromatic rings. The lowest BCUT2D eigenvalue weighted by atomic mass is 10.1. The van der Waals surface area contributed by atoms with E-state index >= 15 is 0 Å². The second kappa shape index (κ2) is 4.98. The minimum absolute atomic E-state index is 0.213. The minimum Gasteiger partial charge on any atom is -0.480 e. The summed E-state index contributed by atoms with van der Waals surface area (Å²) < 4.78 is 36.0. The van der Waals surface area contributed by atoms with E-state index < -0.39 is 18.3 Å². The molecular formula is C10H10F3NO2. The molecular weight excluding hydrogens is 223 g/mol. The lowest BCUT2D eigenvalue weighted by Crippen LogP contribution is -2.46. The Balaban J connectivity index is 2.70. The van der Waals surface area contributed by atoms with Crippen molar-refractivity contribution in [2.24, 2.45) is 0 Å². The molecule has 1 aromatic carbocycles. The summed E-state index contributed by atoms with van der Waals surface area (Å²) in [6.45, 7) is 0. The highest BCUT2D eigenvalue weighted by atomic mass is 19.4. The van der Waals surface area contributed by atoms with Gasteiger partial charge in [0.15, 0.2) is 0 Å². The number of hydrogen-bond donors (Lipinski definition) is 2. The van der Waals surface area contributed by atoms with E-state index in [1.165, 1.54) is 0 Å². The molecule has 0 aliphatic rings. The van der Waals surface area contributed by atoms with Gasteiger partial charge in [-0.25, -0.2) is 5.32 Å². The fourth-order valence-electron chi connectivity index (χ4n) is 1.25. The number of nitrogens with one attached hydrogen (secondary N) is 1. The van der Waals surface area contributed by atoms with Crippen LogP contribution in [0.1, 0.15) is 5.56 Å². The lowest BCUT2D eigenvalue weighted by Gasteiger charge is -2.16. The van der Waals surface area contributed by atoms with Gasteiger partial charge in [-0.05, 0) is 12.0 Å². The fraction of sp³-hybridized carbons (Fsp3) is 0.300. The van der Waals surface area contributed by atoms with E-state index in [-0.39, 0.29) is 6.42 Å². The predicted molar refractivity (Wildman–Crippen MR) is 50.8 cm³/mol. The maximum atomic E-state index is 12.0. The van der Waals surface area contributed by atoms with Crippen molar-refractivity contribution >= 4 is 5.97 Å². The third kappa shape index (κ3) is 4.31. The maximum absolute atomic E-state index is 12.0. The molecule has 6 heteroatoms. The molecule has 0 aliphatic heterocycles. The largest absolute Gasteiger partial charge is 0.480 e. The van der Waals surface area contributed by atoms with Crippen LogP contribution in [0.2, 0.25) is 0 Å². The summed E-state index contributed by atoms with van der Waals surface area (Å²) in [5.41, 5.74) is 0.534. The van der Waals surface area contributed by atoms with Crippen LogP contribution in [0.15, 0.2) is 30.3 Å². The molecule has 1 rings (SSSR count). The molecule has 88 valence electrons. The zero-order valence-corrected chi connectivity index (χ0v) is 8.16. The normalized spacial score (nSPS) is 13.4. The Morgan fingerprint density at radius 2 is 1.88 bits per heavy atom. The van der Waals surface area contributed by atoms with E-state index in [1.54, 1.807) is 30.3 Å². The van der Waals surface area contributed by atoms with Gasteiger partial charge in [0.05, 0.1) is 0 Å². The summed E-state index contributed by atoms with van der Waals surface area (Å²) in [5.74, 6) is -1.53. The molecule has 0 radical (unpaired) electrons. The lowest BCUT2D eigenvalue weighted by molar-refractivity contribution is -0.174. The Kier molecular flexibility index (Phi) is 3.89. The van der Waals surface area contributed by atoms with Crippen LogP contribution in [-0.2, 0) is 11.2 Å². The van der Waals surface area contributed by atoms with Gasteiger partial charge in [0.1, 0.15) is 6.04 Å². The second-order valence-electron chi connectivity index (χ2n) is 3.22. The van der Waals surface area contributed by atoms with Crippen LogP contribution >= 0.6 is 0 Å². The number of carboxylic acid groups (broad SMARTS) is 1. The number of aliphatic carboxylic acids is 1. The van der Waals surface area contributed by atoms with Gasteiger partial charge in [-0.15, -0.1) is 0 Å². The van der Waals surface area contributed by atoms with Gasteiger partial charge in [-0.3, -0.25) is 4.79 Å². The number of hydrogen-bond acceptors (Lipinski definition) is 2. The van der Waals surface area contributed by atoms with Gasteiger partial charge in [0, 0.05) is 0 Å². The van der Waals surface area contributed by atoms with Gasteiger partial charge < -0.3 is 5.11 Å². The van der Waals surface area contributed by atoms with E-state index in [4.69, 9.17) is 5.11 Å². The molecule has 0 saturated heterocycles. The van der Waals surface area contributed by atoms with Gasteiger partial charge in [-0.2, -0.15) is 13.2 Å². The molecule has 3 nitrogen and oxygen atoms in total. The van der Waals surface area contributed by atoms with Crippen LogP contribution in [0.25, 0.3) is 0 Å². The summed E-state index contributed by atoms with van der Waals surface area (Å²) in [5, 5.41) is 9.74. The molecule has 1 atom stereocenters.